The fourth-order valence-corrected chi connectivity index (χ4v) is 11.0. The summed E-state index contributed by atoms with van der Waals surface area (Å²) in [4.78, 5) is 10.7. The topological polar surface area (TPSA) is 57.0 Å². The highest BCUT2D eigenvalue weighted by atomic mass is 16.3. The van der Waals surface area contributed by atoms with Crippen molar-refractivity contribution in [3.8, 4) is 50.6 Å². The van der Waals surface area contributed by atoms with E-state index in [2.05, 4.69) is 187 Å². The number of hydrogen-bond donors (Lipinski definition) is 0. The lowest BCUT2D eigenvalue weighted by molar-refractivity contribution is 0.667. The third kappa shape index (κ3) is 5.71. The molecule has 4 aromatic heterocycles. The zero-order chi connectivity index (χ0) is 45.2. The van der Waals surface area contributed by atoms with Crippen LogP contribution in [0.1, 0.15) is 0 Å². The van der Waals surface area contributed by atoms with Gasteiger partial charge in [0.1, 0.15) is 28.0 Å². The van der Waals surface area contributed by atoms with Crippen molar-refractivity contribution in [1.82, 2.24) is 14.5 Å². The van der Waals surface area contributed by atoms with Crippen LogP contribution in [0.4, 0.5) is 0 Å². The summed E-state index contributed by atoms with van der Waals surface area (Å²) in [6.45, 7) is 0. The van der Waals surface area contributed by atoms with Crippen molar-refractivity contribution in [2.75, 3.05) is 0 Å². The Morgan fingerprint density at radius 2 is 0.884 bits per heavy atom. The van der Waals surface area contributed by atoms with Gasteiger partial charge >= 0.3 is 0 Å². The SMILES string of the molecule is c1ccc(-c2ccc3oc4c(-c5ccccc5)nc(-c5cccc6oc7ccc(-c8ccc9c(c8)c8ccccc8n9-c8ccc9c%10ccccc%10c%10ccccc%10c9c8)cc7c56)nc4c3c2)cc1. The lowest BCUT2D eigenvalue weighted by Gasteiger charge is -2.14. The van der Waals surface area contributed by atoms with Crippen LogP contribution in [-0.2, 0) is 0 Å². The molecule has 0 aliphatic carbocycles. The van der Waals surface area contributed by atoms with Crippen molar-refractivity contribution in [1.29, 1.82) is 0 Å². The van der Waals surface area contributed by atoms with E-state index in [1.54, 1.807) is 0 Å². The molecule has 0 saturated carbocycles. The quantitative estimate of drug-likeness (QED) is 0.162. The predicted molar refractivity (Wildman–Crippen MR) is 285 cm³/mol. The number of rotatable bonds is 5. The fourth-order valence-electron chi connectivity index (χ4n) is 11.0. The van der Waals surface area contributed by atoms with Crippen molar-refractivity contribution >= 4 is 98.1 Å². The lowest BCUT2D eigenvalue weighted by atomic mass is 9.94. The predicted octanol–water partition coefficient (Wildman–Crippen LogP) is 17.5. The normalized spacial score (nSPS) is 12.1. The highest BCUT2D eigenvalue weighted by Gasteiger charge is 2.22. The molecule has 0 spiro atoms. The summed E-state index contributed by atoms with van der Waals surface area (Å²) in [7, 11) is 0. The van der Waals surface area contributed by atoms with Crippen molar-refractivity contribution in [3.05, 3.63) is 224 Å². The van der Waals surface area contributed by atoms with Gasteiger partial charge < -0.3 is 13.4 Å². The van der Waals surface area contributed by atoms with Gasteiger partial charge in [0.2, 0.25) is 0 Å². The molecular formula is C64H37N3O2. The second-order valence-corrected chi connectivity index (χ2v) is 18.0. The van der Waals surface area contributed by atoms with E-state index >= 15 is 0 Å². The fraction of sp³-hybridized carbons (Fsp3) is 0. The molecule has 69 heavy (non-hydrogen) atoms. The van der Waals surface area contributed by atoms with Gasteiger partial charge in [0.05, 0.1) is 11.0 Å². The maximum Gasteiger partial charge on any atom is 0.180 e. The number of benzene rings is 11. The molecule has 0 radical (unpaired) electrons. The van der Waals surface area contributed by atoms with E-state index in [1.807, 2.05) is 42.5 Å². The number of nitrogens with zero attached hydrogens (tertiary/aromatic N) is 3. The summed E-state index contributed by atoms with van der Waals surface area (Å²) in [5, 5.41) is 12.9. The third-order valence-electron chi connectivity index (χ3n) is 14.2. The lowest BCUT2D eigenvalue weighted by Crippen LogP contribution is -1.94. The van der Waals surface area contributed by atoms with Crippen LogP contribution < -0.4 is 0 Å². The van der Waals surface area contributed by atoms with Gasteiger partial charge in [-0.05, 0) is 115 Å². The minimum atomic E-state index is 0.608. The van der Waals surface area contributed by atoms with Crippen LogP contribution in [0.3, 0.4) is 0 Å². The molecule has 5 heteroatoms. The Morgan fingerprint density at radius 3 is 1.62 bits per heavy atom. The molecule has 15 rings (SSSR count). The number of fused-ring (bicyclic) bond motifs is 15. The minimum absolute atomic E-state index is 0.608. The molecule has 0 atom stereocenters. The average Bonchev–Trinajstić information content (AvgIpc) is 4.10. The van der Waals surface area contributed by atoms with Crippen LogP contribution in [0.25, 0.3) is 149 Å². The van der Waals surface area contributed by atoms with Gasteiger partial charge in [0.15, 0.2) is 11.4 Å². The van der Waals surface area contributed by atoms with Crippen LogP contribution >= 0.6 is 0 Å². The Morgan fingerprint density at radius 1 is 0.319 bits per heavy atom. The first-order valence-corrected chi connectivity index (χ1v) is 23.4. The maximum atomic E-state index is 6.61. The van der Waals surface area contributed by atoms with Crippen LogP contribution in [0.15, 0.2) is 233 Å². The van der Waals surface area contributed by atoms with Gasteiger partial charge in [-0.3, -0.25) is 0 Å². The summed E-state index contributed by atoms with van der Waals surface area (Å²) in [6, 6.07) is 79.8. The zero-order valence-corrected chi connectivity index (χ0v) is 37.0. The third-order valence-corrected chi connectivity index (χ3v) is 14.2. The molecule has 0 aliphatic heterocycles. The Kier molecular flexibility index (Phi) is 8.00. The van der Waals surface area contributed by atoms with Crippen molar-refractivity contribution in [3.63, 3.8) is 0 Å². The molecule has 0 saturated heterocycles. The molecule has 0 N–H and O–H groups in total. The number of para-hydroxylation sites is 1. The van der Waals surface area contributed by atoms with Gasteiger partial charge in [0, 0.05) is 43.7 Å². The van der Waals surface area contributed by atoms with E-state index < -0.39 is 0 Å². The Balaban J connectivity index is 0.900. The van der Waals surface area contributed by atoms with Gasteiger partial charge in [-0.15, -0.1) is 0 Å². The van der Waals surface area contributed by atoms with E-state index in [1.165, 1.54) is 48.6 Å². The molecular weight excluding hydrogens is 843 g/mol. The summed E-state index contributed by atoms with van der Waals surface area (Å²) >= 11 is 0. The maximum absolute atomic E-state index is 6.61. The number of aromatic nitrogens is 3. The smallest absolute Gasteiger partial charge is 0.180 e. The second-order valence-electron chi connectivity index (χ2n) is 18.0. The molecule has 5 nitrogen and oxygen atoms in total. The average molecular weight is 880 g/mol. The summed E-state index contributed by atoms with van der Waals surface area (Å²) in [5.41, 5.74) is 14.3. The van der Waals surface area contributed by atoms with Crippen molar-refractivity contribution < 1.29 is 8.83 Å². The van der Waals surface area contributed by atoms with E-state index in [0.29, 0.717) is 11.4 Å². The van der Waals surface area contributed by atoms with Gasteiger partial charge in [-0.1, -0.05) is 164 Å². The molecule has 15 aromatic rings. The first-order chi connectivity index (χ1) is 34.2. The van der Waals surface area contributed by atoms with Crippen molar-refractivity contribution in [2.45, 2.75) is 0 Å². The molecule has 0 amide bonds. The first kappa shape index (κ1) is 37.9. The molecule has 0 unspecified atom stereocenters. The summed E-state index contributed by atoms with van der Waals surface area (Å²) in [6.07, 6.45) is 0. The highest BCUT2D eigenvalue weighted by molar-refractivity contribution is 6.26. The first-order valence-electron chi connectivity index (χ1n) is 23.4. The van der Waals surface area contributed by atoms with Crippen LogP contribution in [0.2, 0.25) is 0 Å². The molecule has 4 heterocycles. The molecule has 0 bridgehead atoms. The van der Waals surface area contributed by atoms with E-state index in [9.17, 15) is 0 Å². The zero-order valence-electron chi connectivity index (χ0n) is 37.0. The number of furan rings is 2. The Hall–Kier alpha value is -9.32. The highest BCUT2D eigenvalue weighted by Crippen LogP contribution is 2.43. The largest absolute Gasteiger partial charge is 0.456 e. The van der Waals surface area contributed by atoms with E-state index in [0.717, 1.165) is 88.7 Å². The van der Waals surface area contributed by atoms with Crippen LogP contribution in [-0.4, -0.2) is 14.5 Å². The van der Waals surface area contributed by atoms with Gasteiger partial charge in [0.25, 0.3) is 0 Å². The van der Waals surface area contributed by atoms with Crippen LogP contribution in [0, 0.1) is 0 Å². The van der Waals surface area contributed by atoms with E-state index in [-0.39, 0.29) is 0 Å². The summed E-state index contributed by atoms with van der Waals surface area (Å²) in [5.74, 6) is 0.608. The molecule has 0 aliphatic rings. The monoisotopic (exact) mass is 879 g/mol. The molecule has 11 aromatic carbocycles. The molecule has 0 fully saturated rings. The Bertz CT molecular complexity index is 4560. The van der Waals surface area contributed by atoms with Gasteiger partial charge in [-0.25, -0.2) is 9.97 Å². The van der Waals surface area contributed by atoms with Gasteiger partial charge in [-0.2, -0.15) is 0 Å². The second kappa shape index (κ2) is 14.6. The minimum Gasteiger partial charge on any atom is -0.456 e. The van der Waals surface area contributed by atoms with Crippen LogP contribution in [0.5, 0.6) is 0 Å². The van der Waals surface area contributed by atoms with E-state index in [4.69, 9.17) is 18.8 Å². The van der Waals surface area contributed by atoms with Crippen molar-refractivity contribution in [2.24, 2.45) is 0 Å². The standard InChI is InChI=1S/C64H37N3O2/c1-3-14-38(15-4-1)40-27-33-58-54(36-40)62-63(69-58)61(39-16-5-2-6-17-39)65-64(66-62)50-23-13-25-59-60(50)53-35-42(28-32-57(53)68-59)41-26-31-56-52(34-41)49-22-11-12-24-55(49)67(56)43-29-30-48-46-20-8-7-18-44(46)45-19-9-10-21-47(45)51(48)37-43/h1-37H. The number of hydrogen-bond acceptors (Lipinski definition) is 4. The summed E-state index contributed by atoms with van der Waals surface area (Å²) < 4.78 is 15.6. The molecule has 320 valence electrons. The Labute approximate surface area is 394 Å².